The lowest BCUT2D eigenvalue weighted by Gasteiger charge is -2.08. The van der Waals surface area contributed by atoms with E-state index in [1.54, 1.807) is 12.1 Å². The van der Waals surface area contributed by atoms with Gasteiger partial charge in [0.25, 0.3) is 5.91 Å². The lowest BCUT2D eigenvalue weighted by molar-refractivity contribution is 0.0953. The molecule has 0 bridgehead atoms. The van der Waals surface area contributed by atoms with Crippen LogP contribution in [0, 0.1) is 6.92 Å². The molecule has 0 aliphatic carbocycles. The number of amides is 1. The molecule has 2 aromatic rings. The van der Waals surface area contributed by atoms with E-state index in [2.05, 4.69) is 5.32 Å². The molecule has 2 rings (SSSR count). The number of aryl methyl sites for hydroxylation is 1. The van der Waals surface area contributed by atoms with Crippen molar-refractivity contribution >= 4 is 29.1 Å². The zero-order chi connectivity index (χ0) is 14.5. The first-order valence-corrected chi connectivity index (χ1v) is 7.11. The molecule has 104 valence electrons. The molecule has 0 saturated carbocycles. The number of hydrogen-bond donors (Lipinski definition) is 1. The maximum Gasteiger partial charge on any atom is 0.251 e. The molecule has 1 amide bonds. The van der Waals surface area contributed by atoms with Gasteiger partial charge in [-0.2, -0.15) is 0 Å². The molecule has 2 nitrogen and oxygen atoms in total. The smallest absolute Gasteiger partial charge is 0.251 e. The van der Waals surface area contributed by atoms with E-state index in [0.717, 1.165) is 11.1 Å². The SMILES string of the molecule is Cc1ccccc1C(=O)NCCc1ccc(Cl)cc1Cl. The van der Waals surface area contributed by atoms with Crippen molar-refractivity contribution in [1.82, 2.24) is 5.32 Å². The van der Waals surface area contributed by atoms with Crippen LogP contribution in [0.1, 0.15) is 21.5 Å². The van der Waals surface area contributed by atoms with Gasteiger partial charge < -0.3 is 5.32 Å². The zero-order valence-corrected chi connectivity index (χ0v) is 12.6. The highest BCUT2D eigenvalue weighted by Crippen LogP contribution is 2.21. The standard InChI is InChI=1S/C16H15Cl2NO/c1-11-4-2-3-5-14(11)16(20)19-9-8-12-6-7-13(17)10-15(12)18/h2-7,10H,8-9H2,1H3,(H,19,20). The van der Waals surface area contributed by atoms with Crippen molar-refractivity contribution in [1.29, 1.82) is 0 Å². The summed E-state index contributed by atoms with van der Waals surface area (Å²) in [6.07, 6.45) is 0.674. The monoisotopic (exact) mass is 307 g/mol. The van der Waals surface area contributed by atoms with E-state index in [0.29, 0.717) is 28.6 Å². The molecule has 20 heavy (non-hydrogen) atoms. The van der Waals surface area contributed by atoms with Crippen LogP contribution in [0.25, 0.3) is 0 Å². The molecule has 0 unspecified atom stereocenters. The Morgan fingerprint density at radius 2 is 1.90 bits per heavy atom. The molecule has 0 aliphatic rings. The molecular formula is C16H15Cl2NO. The summed E-state index contributed by atoms with van der Waals surface area (Å²) < 4.78 is 0. The van der Waals surface area contributed by atoms with Gasteiger partial charge in [0.2, 0.25) is 0 Å². The van der Waals surface area contributed by atoms with Crippen LogP contribution in [0.2, 0.25) is 10.0 Å². The summed E-state index contributed by atoms with van der Waals surface area (Å²) in [6, 6.07) is 12.9. The minimum Gasteiger partial charge on any atom is -0.352 e. The van der Waals surface area contributed by atoms with Crippen molar-refractivity contribution in [3.63, 3.8) is 0 Å². The summed E-state index contributed by atoms with van der Waals surface area (Å²) in [5.74, 6) is -0.0619. The number of halogens is 2. The van der Waals surface area contributed by atoms with E-state index < -0.39 is 0 Å². The van der Waals surface area contributed by atoms with Crippen molar-refractivity contribution in [2.24, 2.45) is 0 Å². The third-order valence-electron chi connectivity index (χ3n) is 3.08. The van der Waals surface area contributed by atoms with Gasteiger partial charge in [-0.1, -0.05) is 47.5 Å². The summed E-state index contributed by atoms with van der Waals surface area (Å²) in [4.78, 5) is 12.0. The van der Waals surface area contributed by atoms with Crippen LogP contribution in [0.5, 0.6) is 0 Å². The first-order valence-electron chi connectivity index (χ1n) is 6.35. The van der Waals surface area contributed by atoms with Crippen molar-refractivity contribution in [2.45, 2.75) is 13.3 Å². The minimum atomic E-state index is -0.0619. The molecule has 0 atom stereocenters. The number of rotatable bonds is 4. The molecule has 0 aromatic heterocycles. The molecule has 4 heteroatoms. The summed E-state index contributed by atoms with van der Waals surface area (Å²) in [5.41, 5.74) is 2.64. The first kappa shape index (κ1) is 14.9. The summed E-state index contributed by atoms with van der Waals surface area (Å²) in [5, 5.41) is 4.14. The summed E-state index contributed by atoms with van der Waals surface area (Å²) >= 11 is 11.9. The maximum atomic E-state index is 12.0. The molecule has 1 N–H and O–H groups in total. The van der Waals surface area contributed by atoms with Crippen LogP contribution < -0.4 is 5.32 Å². The maximum absolute atomic E-state index is 12.0. The number of hydrogen-bond acceptors (Lipinski definition) is 1. The van der Waals surface area contributed by atoms with Crippen molar-refractivity contribution in [3.05, 3.63) is 69.2 Å². The highest BCUT2D eigenvalue weighted by Gasteiger charge is 2.08. The molecular weight excluding hydrogens is 293 g/mol. The zero-order valence-electron chi connectivity index (χ0n) is 11.1. The van der Waals surface area contributed by atoms with Crippen molar-refractivity contribution in [2.75, 3.05) is 6.54 Å². The molecule has 0 spiro atoms. The second-order valence-electron chi connectivity index (χ2n) is 4.56. The largest absolute Gasteiger partial charge is 0.352 e. The number of carbonyl (C=O) groups is 1. The van der Waals surface area contributed by atoms with Gasteiger partial charge in [-0.15, -0.1) is 0 Å². The van der Waals surface area contributed by atoms with Gasteiger partial charge in [-0.3, -0.25) is 4.79 Å². The fourth-order valence-corrected chi connectivity index (χ4v) is 2.46. The van der Waals surface area contributed by atoms with Gasteiger partial charge in [-0.05, 0) is 42.7 Å². The Labute approximate surface area is 128 Å². The van der Waals surface area contributed by atoms with E-state index in [-0.39, 0.29) is 5.91 Å². The third kappa shape index (κ3) is 3.75. The van der Waals surface area contributed by atoms with Crippen molar-refractivity contribution in [3.8, 4) is 0 Å². The van der Waals surface area contributed by atoms with Crippen LogP contribution in [-0.4, -0.2) is 12.5 Å². The third-order valence-corrected chi connectivity index (χ3v) is 3.67. The van der Waals surface area contributed by atoms with Gasteiger partial charge in [-0.25, -0.2) is 0 Å². The topological polar surface area (TPSA) is 29.1 Å². The van der Waals surface area contributed by atoms with Crippen LogP contribution in [-0.2, 0) is 6.42 Å². The highest BCUT2D eigenvalue weighted by molar-refractivity contribution is 6.35. The van der Waals surface area contributed by atoms with E-state index in [9.17, 15) is 4.79 Å². The number of nitrogens with one attached hydrogen (secondary N) is 1. The van der Waals surface area contributed by atoms with Gasteiger partial charge >= 0.3 is 0 Å². The Morgan fingerprint density at radius 1 is 1.15 bits per heavy atom. The molecule has 2 aromatic carbocycles. The Bertz CT molecular complexity index is 626. The van der Waals surface area contributed by atoms with Crippen molar-refractivity contribution < 1.29 is 4.79 Å². The van der Waals surface area contributed by atoms with Gasteiger partial charge in [0.1, 0.15) is 0 Å². The second kappa shape index (κ2) is 6.78. The Hall–Kier alpha value is -1.51. The van der Waals surface area contributed by atoms with E-state index in [4.69, 9.17) is 23.2 Å². The number of benzene rings is 2. The second-order valence-corrected chi connectivity index (χ2v) is 5.40. The minimum absolute atomic E-state index is 0.0619. The fraction of sp³-hybridized carbons (Fsp3) is 0.188. The van der Waals surface area contributed by atoms with E-state index >= 15 is 0 Å². The Balaban J connectivity index is 1.93. The predicted molar refractivity (Wildman–Crippen MR) is 83.7 cm³/mol. The first-order chi connectivity index (χ1) is 9.58. The fourth-order valence-electron chi connectivity index (χ4n) is 1.96. The molecule has 0 radical (unpaired) electrons. The van der Waals surface area contributed by atoms with Crippen LogP contribution in [0.4, 0.5) is 0 Å². The van der Waals surface area contributed by atoms with Crippen LogP contribution in [0.3, 0.4) is 0 Å². The molecule has 0 heterocycles. The lowest BCUT2D eigenvalue weighted by Crippen LogP contribution is -2.26. The predicted octanol–water partition coefficient (Wildman–Crippen LogP) is 4.27. The summed E-state index contributed by atoms with van der Waals surface area (Å²) in [7, 11) is 0. The normalized spacial score (nSPS) is 10.3. The summed E-state index contributed by atoms with van der Waals surface area (Å²) in [6.45, 7) is 2.46. The van der Waals surface area contributed by atoms with Gasteiger partial charge in [0.15, 0.2) is 0 Å². The van der Waals surface area contributed by atoms with E-state index in [1.165, 1.54) is 0 Å². The quantitative estimate of drug-likeness (QED) is 0.897. The van der Waals surface area contributed by atoms with Crippen LogP contribution >= 0.6 is 23.2 Å². The average Bonchev–Trinajstić information content (AvgIpc) is 2.41. The van der Waals surface area contributed by atoms with Gasteiger partial charge in [0.05, 0.1) is 0 Å². The van der Waals surface area contributed by atoms with Crippen LogP contribution in [0.15, 0.2) is 42.5 Å². The Kier molecular flexibility index (Phi) is 5.05. The molecule has 0 saturated heterocycles. The lowest BCUT2D eigenvalue weighted by atomic mass is 10.1. The molecule has 0 aliphatic heterocycles. The number of carbonyl (C=O) groups excluding carboxylic acids is 1. The average molecular weight is 308 g/mol. The highest BCUT2D eigenvalue weighted by atomic mass is 35.5. The van der Waals surface area contributed by atoms with Gasteiger partial charge in [0, 0.05) is 22.2 Å². The Morgan fingerprint density at radius 3 is 2.60 bits per heavy atom. The molecule has 0 fully saturated rings. The van der Waals surface area contributed by atoms with E-state index in [1.807, 2.05) is 37.3 Å².